The van der Waals surface area contributed by atoms with E-state index in [9.17, 15) is 9.59 Å². The Morgan fingerprint density at radius 1 is 1.17 bits per heavy atom. The molecule has 0 bridgehead atoms. The van der Waals surface area contributed by atoms with Crippen molar-refractivity contribution in [2.75, 3.05) is 32.8 Å². The molecule has 6 nitrogen and oxygen atoms in total. The van der Waals surface area contributed by atoms with Gasteiger partial charge in [0.2, 0.25) is 0 Å². The van der Waals surface area contributed by atoms with Gasteiger partial charge in [0, 0.05) is 55.1 Å². The minimum Gasteiger partial charge on any atom is -0.484 e. The minimum absolute atomic E-state index is 0.0197. The van der Waals surface area contributed by atoms with Crippen molar-refractivity contribution < 1.29 is 13.9 Å². The van der Waals surface area contributed by atoms with Gasteiger partial charge in [-0.25, -0.2) is 4.79 Å². The van der Waals surface area contributed by atoms with Gasteiger partial charge in [-0.3, -0.25) is 9.69 Å². The molecule has 0 spiro atoms. The molecule has 0 saturated carbocycles. The van der Waals surface area contributed by atoms with E-state index in [4.69, 9.17) is 9.15 Å². The van der Waals surface area contributed by atoms with Gasteiger partial charge >= 0.3 is 5.63 Å². The molecule has 2 aromatic heterocycles. The number of fused-ring (bicyclic) bond motifs is 1. The van der Waals surface area contributed by atoms with Crippen LogP contribution in [0.2, 0.25) is 0 Å². The number of amides is 1. The van der Waals surface area contributed by atoms with E-state index in [0.29, 0.717) is 24.4 Å². The van der Waals surface area contributed by atoms with Crippen LogP contribution in [-0.2, 0) is 17.8 Å². The fraction of sp³-hybridized carbons (Fsp3) is 0.364. The predicted molar refractivity (Wildman–Crippen MR) is 114 cm³/mol. The second-order valence-corrected chi connectivity index (χ2v) is 8.16. The fourth-order valence-corrected chi connectivity index (χ4v) is 4.35. The molecule has 0 unspecified atom stereocenters. The summed E-state index contributed by atoms with van der Waals surface area (Å²) in [5.74, 6) is 0.503. The Labute approximate surface area is 173 Å². The first-order valence-electron chi connectivity index (χ1n) is 9.84. The van der Waals surface area contributed by atoms with Crippen molar-refractivity contribution in [3.63, 3.8) is 0 Å². The molecular weight excluding hydrogens is 388 g/mol. The van der Waals surface area contributed by atoms with Gasteiger partial charge in [0.05, 0.1) is 0 Å². The highest BCUT2D eigenvalue weighted by Gasteiger charge is 2.21. The Bertz CT molecular complexity index is 1040. The lowest BCUT2D eigenvalue weighted by Gasteiger charge is -2.34. The lowest BCUT2D eigenvalue weighted by atomic mass is 10.1. The summed E-state index contributed by atoms with van der Waals surface area (Å²) in [4.78, 5) is 29.8. The number of hydrogen-bond donors (Lipinski definition) is 0. The fourth-order valence-electron chi connectivity index (χ4n) is 3.61. The summed E-state index contributed by atoms with van der Waals surface area (Å²) in [5, 5.41) is 2.99. The van der Waals surface area contributed by atoms with Crippen LogP contribution < -0.4 is 10.4 Å². The van der Waals surface area contributed by atoms with Crippen molar-refractivity contribution in [1.29, 1.82) is 0 Å². The molecule has 0 atom stereocenters. The van der Waals surface area contributed by atoms with E-state index >= 15 is 0 Å². The monoisotopic (exact) mass is 412 g/mol. The summed E-state index contributed by atoms with van der Waals surface area (Å²) < 4.78 is 11.0. The summed E-state index contributed by atoms with van der Waals surface area (Å²) in [6, 6.07) is 11.1. The van der Waals surface area contributed by atoms with E-state index in [1.54, 1.807) is 17.4 Å². The first-order chi connectivity index (χ1) is 14.1. The third-order valence-electron chi connectivity index (χ3n) is 5.23. The largest absolute Gasteiger partial charge is 0.484 e. The quantitative estimate of drug-likeness (QED) is 0.582. The summed E-state index contributed by atoms with van der Waals surface area (Å²) in [7, 11) is 0. The molecular formula is C22H24N2O4S. The zero-order valence-electron chi connectivity index (χ0n) is 16.4. The zero-order valence-corrected chi connectivity index (χ0v) is 17.2. The van der Waals surface area contributed by atoms with Gasteiger partial charge in [0.1, 0.15) is 11.3 Å². The molecule has 152 valence electrons. The van der Waals surface area contributed by atoms with Crippen LogP contribution in [0, 0.1) is 0 Å². The van der Waals surface area contributed by atoms with Crippen LogP contribution in [0.15, 0.2) is 51.0 Å². The smallest absolute Gasteiger partial charge is 0.336 e. The van der Waals surface area contributed by atoms with Crippen molar-refractivity contribution in [3.8, 4) is 5.75 Å². The number of thiophene rings is 1. The molecule has 29 heavy (non-hydrogen) atoms. The SMILES string of the molecule is CCc1cc(=O)oc2cc(OCC(=O)N3CCN(Cc4cccs4)CC3)ccc12. The number of carbonyl (C=O) groups excluding carboxylic acids is 1. The van der Waals surface area contributed by atoms with Crippen LogP contribution in [-0.4, -0.2) is 48.5 Å². The van der Waals surface area contributed by atoms with E-state index in [1.165, 1.54) is 10.9 Å². The van der Waals surface area contributed by atoms with Crippen molar-refractivity contribution in [2.24, 2.45) is 0 Å². The number of nitrogens with zero attached hydrogens (tertiary/aromatic N) is 2. The molecule has 3 heterocycles. The molecule has 3 aromatic rings. The maximum absolute atomic E-state index is 12.5. The summed E-state index contributed by atoms with van der Waals surface area (Å²) in [6.45, 7) is 6.07. The maximum atomic E-state index is 12.5. The Kier molecular flexibility index (Phi) is 5.97. The van der Waals surface area contributed by atoms with Gasteiger partial charge in [-0.15, -0.1) is 11.3 Å². The van der Waals surface area contributed by atoms with Crippen molar-refractivity contribution >= 4 is 28.2 Å². The summed E-state index contributed by atoms with van der Waals surface area (Å²) in [6.07, 6.45) is 0.749. The number of ether oxygens (including phenoxy) is 1. The average Bonchev–Trinajstić information content (AvgIpc) is 3.24. The molecule has 1 aliphatic heterocycles. The number of hydrogen-bond acceptors (Lipinski definition) is 6. The maximum Gasteiger partial charge on any atom is 0.336 e. The molecule has 0 N–H and O–H groups in total. The molecule has 1 aliphatic rings. The van der Waals surface area contributed by atoms with E-state index in [0.717, 1.165) is 37.0 Å². The summed E-state index contributed by atoms with van der Waals surface area (Å²) >= 11 is 1.76. The van der Waals surface area contributed by atoms with Crippen LogP contribution in [0.25, 0.3) is 11.0 Å². The van der Waals surface area contributed by atoms with Gasteiger partial charge in [0.25, 0.3) is 5.91 Å². The Morgan fingerprint density at radius 2 is 2.00 bits per heavy atom. The lowest BCUT2D eigenvalue weighted by Crippen LogP contribution is -2.49. The third kappa shape index (κ3) is 4.68. The molecule has 1 amide bonds. The lowest BCUT2D eigenvalue weighted by molar-refractivity contribution is -0.135. The average molecular weight is 413 g/mol. The van der Waals surface area contributed by atoms with Crippen molar-refractivity contribution in [3.05, 3.63) is 62.6 Å². The van der Waals surface area contributed by atoms with Crippen molar-refractivity contribution in [1.82, 2.24) is 9.80 Å². The molecule has 1 saturated heterocycles. The van der Waals surface area contributed by atoms with Crippen LogP contribution in [0.3, 0.4) is 0 Å². The Balaban J connectivity index is 1.32. The van der Waals surface area contributed by atoms with Crippen LogP contribution in [0.5, 0.6) is 5.75 Å². The Morgan fingerprint density at radius 3 is 2.72 bits per heavy atom. The normalized spacial score (nSPS) is 15.0. The molecule has 4 rings (SSSR count). The molecule has 7 heteroatoms. The number of aryl methyl sites for hydroxylation is 1. The zero-order chi connectivity index (χ0) is 20.2. The van der Waals surface area contributed by atoms with Crippen LogP contribution >= 0.6 is 11.3 Å². The second-order valence-electron chi connectivity index (χ2n) is 7.13. The van der Waals surface area contributed by atoms with E-state index in [2.05, 4.69) is 22.4 Å². The van der Waals surface area contributed by atoms with E-state index in [1.807, 2.05) is 24.0 Å². The third-order valence-corrected chi connectivity index (χ3v) is 6.09. The highest BCUT2D eigenvalue weighted by molar-refractivity contribution is 7.09. The first kappa shape index (κ1) is 19.7. The van der Waals surface area contributed by atoms with Gasteiger partial charge < -0.3 is 14.1 Å². The van der Waals surface area contributed by atoms with Gasteiger partial charge in [-0.05, 0) is 35.6 Å². The van der Waals surface area contributed by atoms with Crippen LogP contribution in [0.1, 0.15) is 17.4 Å². The highest BCUT2D eigenvalue weighted by atomic mass is 32.1. The van der Waals surface area contributed by atoms with Gasteiger partial charge in [-0.2, -0.15) is 0 Å². The highest BCUT2D eigenvalue weighted by Crippen LogP contribution is 2.23. The molecule has 1 fully saturated rings. The number of benzene rings is 1. The van der Waals surface area contributed by atoms with E-state index in [-0.39, 0.29) is 18.1 Å². The van der Waals surface area contributed by atoms with Crippen molar-refractivity contribution in [2.45, 2.75) is 19.9 Å². The number of piperazine rings is 1. The minimum atomic E-state index is -0.372. The topological polar surface area (TPSA) is 63.0 Å². The van der Waals surface area contributed by atoms with Gasteiger partial charge in [0.15, 0.2) is 6.61 Å². The Hall–Kier alpha value is -2.64. The first-order valence-corrected chi connectivity index (χ1v) is 10.7. The number of carbonyl (C=O) groups is 1. The number of rotatable bonds is 6. The van der Waals surface area contributed by atoms with E-state index < -0.39 is 0 Å². The van der Waals surface area contributed by atoms with Crippen LogP contribution in [0.4, 0.5) is 0 Å². The summed E-state index contributed by atoms with van der Waals surface area (Å²) in [5.41, 5.74) is 1.06. The molecule has 1 aromatic carbocycles. The predicted octanol–water partition coefficient (Wildman–Crippen LogP) is 3.14. The molecule has 0 aliphatic carbocycles. The molecule has 0 radical (unpaired) electrons. The standard InChI is InChI=1S/C22H24N2O4S/c1-2-16-12-22(26)28-20-13-17(5-6-19(16)20)27-15-21(25)24-9-7-23(8-10-24)14-18-4-3-11-29-18/h3-6,11-13H,2,7-10,14-15H2,1H3. The van der Waals surface area contributed by atoms with Gasteiger partial charge in [-0.1, -0.05) is 13.0 Å². The second kappa shape index (κ2) is 8.80.